The van der Waals surface area contributed by atoms with Crippen molar-refractivity contribution in [3.05, 3.63) is 84.9 Å². The van der Waals surface area contributed by atoms with Crippen LogP contribution in [0.15, 0.2) is 84.9 Å². The minimum absolute atomic E-state index is 0.0943. The van der Waals surface area contributed by atoms with Gasteiger partial charge >= 0.3 is 0 Å². The number of benzene rings is 4. The van der Waals surface area contributed by atoms with Crippen molar-refractivity contribution in [1.82, 2.24) is 39.9 Å². The van der Waals surface area contributed by atoms with E-state index in [9.17, 15) is 10.2 Å². The van der Waals surface area contributed by atoms with Gasteiger partial charge in [-0.05, 0) is 36.4 Å². The molecule has 7 aromatic rings. The predicted octanol–water partition coefficient (Wildman–Crippen LogP) is 6.28. The number of phenolic OH excluding ortho intramolecular Hbond substituents is 2. The Kier molecular flexibility index (Phi) is 4.41. The third kappa shape index (κ3) is 3.26. The van der Waals surface area contributed by atoms with Gasteiger partial charge in [-0.1, -0.05) is 48.5 Å². The van der Waals surface area contributed by atoms with Gasteiger partial charge in [0.1, 0.15) is 34.1 Å². The average molecular weight is 547 g/mol. The summed E-state index contributed by atoms with van der Waals surface area (Å²) < 4.78 is 0. The molecule has 10 nitrogen and oxygen atoms in total. The summed E-state index contributed by atoms with van der Waals surface area (Å²) in [6, 6.07) is 25.8. The van der Waals surface area contributed by atoms with Crippen LogP contribution < -0.4 is 0 Å². The lowest BCUT2D eigenvalue weighted by atomic mass is 10.1. The fourth-order valence-electron chi connectivity index (χ4n) is 5.67. The number of aromatic amines is 2. The van der Waals surface area contributed by atoms with Crippen molar-refractivity contribution in [2.24, 2.45) is 0 Å². The molecule has 0 saturated carbocycles. The van der Waals surface area contributed by atoms with E-state index in [4.69, 9.17) is 29.9 Å². The van der Waals surface area contributed by atoms with E-state index in [-0.39, 0.29) is 11.5 Å². The maximum Gasteiger partial charge on any atom is 0.164 e. The molecule has 0 fully saturated rings. The molecular weight excluding hydrogens is 528 g/mol. The van der Waals surface area contributed by atoms with Crippen molar-refractivity contribution < 1.29 is 10.2 Å². The smallest absolute Gasteiger partial charge is 0.164 e. The molecule has 2 aliphatic heterocycles. The van der Waals surface area contributed by atoms with Crippen LogP contribution in [0.3, 0.4) is 0 Å². The largest absolute Gasteiger partial charge is 0.508 e. The second-order valence-electron chi connectivity index (χ2n) is 10.2. The van der Waals surface area contributed by atoms with E-state index in [1.165, 1.54) is 0 Å². The Bertz CT molecular complexity index is 2460. The molecule has 0 amide bonds. The monoisotopic (exact) mass is 546 g/mol. The van der Waals surface area contributed by atoms with Crippen LogP contribution in [0.1, 0.15) is 0 Å². The lowest BCUT2D eigenvalue weighted by Gasteiger charge is -1.99. The van der Waals surface area contributed by atoms with Gasteiger partial charge in [-0.15, -0.1) is 0 Å². The molecule has 2 aliphatic rings. The number of H-pyrrole nitrogens is 2. The zero-order valence-electron chi connectivity index (χ0n) is 21.7. The average Bonchev–Trinajstić information content (AvgIpc) is 3.72. The Morgan fingerprint density at radius 2 is 0.810 bits per heavy atom. The SMILES string of the molecule is Oc1ccc2c(c1)-c1nc-2nc2[nH]c(nc3nc(nc4[nH]c(n1)c1ccccc41)-c1ccccc1-3)c1ccc(O)cc21. The van der Waals surface area contributed by atoms with Crippen molar-refractivity contribution in [2.45, 2.75) is 0 Å². The van der Waals surface area contributed by atoms with Gasteiger partial charge in [-0.25, -0.2) is 29.9 Å². The van der Waals surface area contributed by atoms with Crippen LogP contribution in [0.2, 0.25) is 0 Å². The van der Waals surface area contributed by atoms with Crippen molar-refractivity contribution in [3.8, 4) is 57.1 Å². The van der Waals surface area contributed by atoms with Crippen LogP contribution in [0.4, 0.5) is 0 Å². The first kappa shape index (κ1) is 22.6. The van der Waals surface area contributed by atoms with E-state index >= 15 is 0 Å². The number of phenols is 2. The van der Waals surface area contributed by atoms with Crippen molar-refractivity contribution in [3.63, 3.8) is 0 Å². The third-order valence-electron chi connectivity index (χ3n) is 7.61. The van der Waals surface area contributed by atoms with Crippen LogP contribution in [0.5, 0.6) is 11.5 Å². The van der Waals surface area contributed by atoms with Gasteiger partial charge in [-0.2, -0.15) is 0 Å². The fraction of sp³-hybridized carbons (Fsp3) is 0. The molecule has 0 saturated heterocycles. The van der Waals surface area contributed by atoms with E-state index in [1.54, 1.807) is 36.4 Å². The van der Waals surface area contributed by atoms with Gasteiger partial charge in [0.2, 0.25) is 0 Å². The van der Waals surface area contributed by atoms with Gasteiger partial charge in [0.15, 0.2) is 23.3 Å². The summed E-state index contributed by atoms with van der Waals surface area (Å²) in [7, 11) is 0. The lowest BCUT2D eigenvalue weighted by molar-refractivity contribution is 0.475. The van der Waals surface area contributed by atoms with Crippen molar-refractivity contribution in [2.75, 3.05) is 0 Å². The number of fused-ring (bicyclic) bond motifs is 20. The molecule has 5 heterocycles. The summed E-state index contributed by atoms with van der Waals surface area (Å²) in [5.41, 5.74) is 5.27. The second-order valence-corrected chi connectivity index (χ2v) is 10.2. The summed E-state index contributed by atoms with van der Waals surface area (Å²) in [6.45, 7) is 0. The molecule has 9 rings (SSSR count). The third-order valence-corrected chi connectivity index (χ3v) is 7.61. The lowest BCUT2D eigenvalue weighted by Crippen LogP contribution is -1.83. The number of rotatable bonds is 0. The molecule has 3 aromatic heterocycles. The number of nitrogens with one attached hydrogen (secondary N) is 2. The molecule has 42 heavy (non-hydrogen) atoms. The van der Waals surface area contributed by atoms with E-state index in [0.717, 1.165) is 27.3 Å². The maximum atomic E-state index is 10.3. The van der Waals surface area contributed by atoms with Crippen LogP contribution in [-0.2, 0) is 0 Å². The van der Waals surface area contributed by atoms with Crippen LogP contribution in [0.25, 0.3) is 89.7 Å². The molecule has 0 aliphatic carbocycles. The first-order valence-electron chi connectivity index (χ1n) is 13.3. The highest BCUT2D eigenvalue weighted by Crippen LogP contribution is 2.38. The molecular formula is C32H18N8O2. The van der Waals surface area contributed by atoms with Gasteiger partial charge in [0.05, 0.1) is 0 Å². The summed E-state index contributed by atoms with van der Waals surface area (Å²) in [5.74, 6) is 2.04. The highest BCUT2D eigenvalue weighted by atomic mass is 16.3. The summed E-state index contributed by atoms with van der Waals surface area (Å²) in [4.78, 5) is 36.1. The number of hydrogen-bond acceptors (Lipinski definition) is 8. The summed E-state index contributed by atoms with van der Waals surface area (Å²) in [6.07, 6.45) is 0. The quantitative estimate of drug-likeness (QED) is 0.174. The van der Waals surface area contributed by atoms with E-state index in [2.05, 4.69) is 9.97 Å². The minimum Gasteiger partial charge on any atom is -0.508 e. The summed E-state index contributed by atoms with van der Waals surface area (Å²) >= 11 is 0. The topological polar surface area (TPSA) is 149 Å². The van der Waals surface area contributed by atoms with Crippen LogP contribution >= 0.6 is 0 Å². The Labute approximate surface area is 236 Å². The standard InChI is InChI=1S/C32H18N8O2/c41-15-9-11-21-23(13-15)32-38-29(21)36-27-18-6-2-1-5-17(18)25(34-27)33-26-19-7-3-4-8-20(19)28(35-26)37-31-24-14-16(42)10-12-22(24)30(39-31)40-32/h1-14,41-42H,(H2,33,34,35,36,37,38,39,40). The van der Waals surface area contributed by atoms with Crippen molar-refractivity contribution >= 4 is 44.1 Å². The summed E-state index contributed by atoms with van der Waals surface area (Å²) in [5, 5.41) is 23.9. The Balaban J connectivity index is 1.51. The predicted molar refractivity (Wildman–Crippen MR) is 159 cm³/mol. The molecule has 0 atom stereocenters. The molecule has 0 radical (unpaired) electrons. The highest BCUT2D eigenvalue weighted by molar-refractivity contribution is 6.06. The first-order valence-corrected chi connectivity index (χ1v) is 13.3. The molecule has 198 valence electrons. The Hall–Kier alpha value is -6.16. The van der Waals surface area contributed by atoms with E-state index in [1.807, 2.05) is 48.5 Å². The molecule has 4 N–H and O–H groups in total. The maximum absolute atomic E-state index is 10.3. The van der Waals surface area contributed by atoms with Gasteiger partial charge in [0, 0.05) is 43.8 Å². The zero-order chi connectivity index (χ0) is 27.9. The number of hydrogen-bond donors (Lipinski definition) is 4. The molecule has 0 spiro atoms. The van der Waals surface area contributed by atoms with Gasteiger partial charge in [0.25, 0.3) is 0 Å². The minimum atomic E-state index is 0.0943. The normalized spacial score (nSPS) is 12.0. The van der Waals surface area contributed by atoms with E-state index < -0.39 is 0 Å². The number of aromatic hydroxyl groups is 2. The van der Waals surface area contributed by atoms with Crippen LogP contribution in [-0.4, -0.2) is 50.1 Å². The molecule has 8 bridgehead atoms. The van der Waals surface area contributed by atoms with Crippen LogP contribution in [0, 0.1) is 0 Å². The van der Waals surface area contributed by atoms with Gasteiger partial charge in [-0.3, -0.25) is 0 Å². The van der Waals surface area contributed by atoms with Gasteiger partial charge < -0.3 is 20.2 Å². The fourth-order valence-corrected chi connectivity index (χ4v) is 5.67. The highest BCUT2D eigenvalue weighted by Gasteiger charge is 2.22. The van der Waals surface area contributed by atoms with Crippen molar-refractivity contribution in [1.29, 1.82) is 0 Å². The second kappa shape index (κ2) is 8.18. The molecule has 10 heteroatoms. The Morgan fingerprint density at radius 1 is 0.381 bits per heavy atom. The number of aromatic nitrogens is 8. The van der Waals surface area contributed by atoms with E-state index in [0.29, 0.717) is 62.4 Å². The first-order chi connectivity index (χ1) is 20.6. The zero-order valence-corrected chi connectivity index (χ0v) is 21.7. The Morgan fingerprint density at radius 3 is 1.40 bits per heavy atom. The molecule has 0 unspecified atom stereocenters. The molecule has 4 aromatic carbocycles. The number of nitrogens with zero attached hydrogens (tertiary/aromatic N) is 6.